The lowest BCUT2D eigenvalue weighted by Crippen LogP contribution is -1.84. The van der Waals surface area contributed by atoms with Crippen molar-refractivity contribution < 1.29 is 4.92 Å². The van der Waals surface area contributed by atoms with Gasteiger partial charge in [0.25, 0.3) is 5.69 Å². The number of aromatic nitrogens is 1. The van der Waals surface area contributed by atoms with E-state index < -0.39 is 4.92 Å². The molecule has 0 unspecified atom stereocenters. The molecule has 98 valence electrons. The molecule has 0 aliphatic rings. The van der Waals surface area contributed by atoms with Crippen LogP contribution in [-0.2, 0) is 0 Å². The lowest BCUT2D eigenvalue weighted by molar-refractivity contribution is -0.383. The third-order valence-corrected chi connectivity index (χ3v) is 4.98. The fourth-order valence-electron chi connectivity index (χ4n) is 1.38. The van der Waals surface area contributed by atoms with E-state index in [4.69, 9.17) is 11.6 Å². The molecule has 0 aliphatic heterocycles. The van der Waals surface area contributed by atoms with Crippen LogP contribution < -0.4 is 0 Å². The molecule has 0 N–H and O–H groups in total. The van der Waals surface area contributed by atoms with Crippen molar-refractivity contribution in [1.29, 1.82) is 0 Å². The van der Waals surface area contributed by atoms with Crippen molar-refractivity contribution in [3.63, 3.8) is 0 Å². The van der Waals surface area contributed by atoms with Crippen molar-refractivity contribution in [1.82, 2.24) is 3.97 Å². The summed E-state index contributed by atoms with van der Waals surface area (Å²) in [5.41, 5.74) is 0.816. The lowest BCUT2D eigenvalue weighted by Gasteiger charge is -1.99. The fraction of sp³-hybridized carbons (Fsp3) is 0.200. The maximum absolute atomic E-state index is 10.9. The molecule has 0 atom stereocenters. The molecular weight excluding hydrogens is 454 g/mol. The van der Waals surface area contributed by atoms with Gasteiger partial charge in [0.15, 0.2) is 0 Å². The molecule has 0 saturated heterocycles. The average Bonchev–Trinajstić information content (AvgIpc) is 2.70. The first-order chi connectivity index (χ1) is 8.54. The van der Waals surface area contributed by atoms with Gasteiger partial charge in [-0.25, -0.2) is 0 Å². The second-order valence-corrected chi connectivity index (χ2v) is 5.92. The highest BCUT2D eigenvalue weighted by Gasteiger charge is 2.19. The van der Waals surface area contributed by atoms with E-state index in [1.54, 1.807) is 16.1 Å². The predicted octanol–water partition coefficient (Wildman–Crippen LogP) is 5.84. The Balaban J connectivity index is 0.000000771. The smallest absolute Gasteiger partial charge is 0.275 e. The number of hydrogen-bond donors (Lipinski definition) is 0. The van der Waals surface area contributed by atoms with Gasteiger partial charge in [-0.05, 0) is 28.1 Å². The number of benzene rings is 1. The van der Waals surface area contributed by atoms with Gasteiger partial charge in [-0.1, -0.05) is 25.4 Å². The minimum Gasteiger partial charge on any atom is -0.275 e. The number of fused-ring (bicyclic) bond motifs is 1. The molecule has 1 heterocycles. The molecule has 18 heavy (non-hydrogen) atoms. The monoisotopic (exact) mass is 462 g/mol. The molecule has 0 amide bonds. The van der Waals surface area contributed by atoms with Crippen molar-refractivity contribution in [2.24, 2.45) is 0 Å². The van der Waals surface area contributed by atoms with Crippen molar-refractivity contribution in [3.8, 4) is 0 Å². The van der Waals surface area contributed by atoms with Gasteiger partial charge in [-0.3, -0.25) is 14.1 Å². The first-order valence-corrected chi connectivity index (χ1v) is 9.47. The Bertz CT molecular complexity index is 591. The van der Waals surface area contributed by atoms with E-state index in [1.807, 2.05) is 13.8 Å². The van der Waals surface area contributed by atoms with E-state index in [9.17, 15) is 10.1 Å². The summed E-state index contributed by atoms with van der Waals surface area (Å²) in [5, 5.41) is 12.0. The molecule has 0 spiro atoms. The summed E-state index contributed by atoms with van der Waals surface area (Å²) in [6, 6.07) is 3.37. The Hall–Kier alpha value is 0.01000. The predicted molar refractivity (Wildman–Crippen MR) is 89.7 cm³/mol. The minimum absolute atomic E-state index is 0.0801. The summed E-state index contributed by atoms with van der Waals surface area (Å²) in [5.74, 6) is 0. The molecule has 0 saturated carbocycles. The first-order valence-electron chi connectivity index (χ1n) is 4.98. The zero-order valence-corrected chi connectivity index (χ0v) is 14.8. The van der Waals surface area contributed by atoms with E-state index in [2.05, 4.69) is 37.1 Å². The van der Waals surface area contributed by atoms with Crippen molar-refractivity contribution >= 4 is 74.4 Å². The summed E-state index contributed by atoms with van der Waals surface area (Å²) < 4.78 is 2.37. The highest BCUT2D eigenvalue weighted by Crippen LogP contribution is 2.37. The molecule has 1 aromatic heterocycles. The summed E-state index contributed by atoms with van der Waals surface area (Å²) in [7, 11) is 1.36. The van der Waals surface area contributed by atoms with E-state index in [0.29, 0.717) is 14.9 Å². The standard InChI is InChI=1S/C8H3BrClIN2O2S.C2H6/c9-5-1-4-7(2-6(5)10)12(16-11)3-8(4)13(14)15;1-2/h1-3H;1-2H3. The quantitative estimate of drug-likeness (QED) is 0.320. The van der Waals surface area contributed by atoms with E-state index in [-0.39, 0.29) is 5.69 Å². The van der Waals surface area contributed by atoms with Crippen LogP contribution in [0.25, 0.3) is 10.9 Å². The molecule has 0 bridgehead atoms. The lowest BCUT2D eigenvalue weighted by atomic mass is 10.2. The second-order valence-electron chi connectivity index (χ2n) is 2.95. The van der Waals surface area contributed by atoms with Crippen LogP contribution in [0, 0.1) is 10.1 Å². The Labute approximate surface area is 134 Å². The molecule has 4 nitrogen and oxygen atoms in total. The van der Waals surface area contributed by atoms with E-state index >= 15 is 0 Å². The van der Waals surface area contributed by atoms with Crippen LogP contribution in [0.1, 0.15) is 13.8 Å². The summed E-state index contributed by atoms with van der Waals surface area (Å²) in [4.78, 5) is 10.5. The molecule has 2 aromatic rings. The van der Waals surface area contributed by atoms with Crippen molar-refractivity contribution in [2.45, 2.75) is 13.8 Å². The first kappa shape index (κ1) is 16.1. The van der Waals surface area contributed by atoms with E-state index in [1.165, 1.54) is 15.3 Å². The van der Waals surface area contributed by atoms with Gasteiger partial charge >= 0.3 is 0 Å². The zero-order chi connectivity index (χ0) is 13.9. The Morgan fingerprint density at radius 1 is 1.50 bits per heavy atom. The van der Waals surface area contributed by atoms with Crippen LogP contribution in [0.2, 0.25) is 5.02 Å². The highest BCUT2D eigenvalue weighted by molar-refractivity contribution is 14.2. The van der Waals surface area contributed by atoms with Crippen LogP contribution in [0.15, 0.2) is 22.8 Å². The molecule has 8 heteroatoms. The van der Waals surface area contributed by atoms with Crippen LogP contribution >= 0.6 is 57.9 Å². The van der Waals surface area contributed by atoms with Gasteiger partial charge in [0.2, 0.25) is 0 Å². The van der Waals surface area contributed by atoms with Crippen molar-refractivity contribution in [2.75, 3.05) is 0 Å². The van der Waals surface area contributed by atoms with Gasteiger partial charge in [0.1, 0.15) is 0 Å². The summed E-state index contributed by atoms with van der Waals surface area (Å²) >= 11 is 11.3. The normalized spacial score (nSPS) is 10.1. The summed E-state index contributed by atoms with van der Waals surface area (Å²) in [6.07, 6.45) is 1.49. The van der Waals surface area contributed by atoms with Crippen LogP contribution in [0.4, 0.5) is 5.69 Å². The van der Waals surface area contributed by atoms with Crippen molar-refractivity contribution in [3.05, 3.63) is 37.9 Å². The second kappa shape index (κ2) is 6.97. The average molecular weight is 464 g/mol. The molecule has 0 radical (unpaired) electrons. The van der Waals surface area contributed by atoms with Gasteiger partial charge in [0, 0.05) is 34.8 Å². The van der Waals surface area contributed by atoms with Crippen LogP contribution in [-0.4, -0.2) is 8.90 Å². The Morgan fingerprint density at radius 2 is 2.11 bits per heavy atom. The topological polar surface area (TPSA) is 48.1 Å². The third kappa shape index (κ3) is 3.12. The Kier molecular flexibility index (Phi) is 6.22. The molecule has 2 rings (SSSR count). The van der Waals surface area contributed by atoms with Crippen LogP contribution in [0.5, 0.6) is 0 Å². The highest BCUT2D eigenvalue weighted by atomic mass is 127. The molecule has 0 aliphatic carbocycles. The van der Waals surface area contributed by atoms with Gasteiger partial charge < -0.3 is 0 Å². The number of rotatable bonds is 2. The molecule has 1 aromatic carbocycles. The Morgan fingerprint density at radius 3 is 2.61 bits per heavy atom. The third-order valence-electron chi connectivity index (χ3n) is 2.06. The number of nitro groups is 1. The minimum atomic E-state index is -0.397. The van der Waals surface area contributed by atoms with Gasteiger partial charge in [-0.15, -0.1) is 0 Å². The van der Waals surface area contributed by atoms with Gasteiger partial charge in [0.05, 0.1) is 27.0 Å². The fourth-order valence-corrected chi connectivity index (χ4v) is 3.22. The largest absolute Gasteiger partial charge is 0.295 e. The summed E-state index contributed by atoms with van der Waals surface area (Å²) in [6.45, 7) is 4.00. The van der Waals surface area contributed by atoms with E-state index in [0.717, 1.165) is 5.52 Å². The number of hydrogen-bond acceptors (Lipinski definition) is 3. The molecular formula is C10H9BrClIN2O2S. The molecule has 0 fully saturated rings. The van der Waals surface area contributed by atoms with Gasteiger partial charge in [-0.2, -0.15) is 0 Å². The number of halogens is 3. The van der Waals surface area contributed by atoms with Crippen LogP contribution in [0.3, 0.4) is 0 Å². The zero-order valence-electron chi connectivity index (χ0n) is 9.49. The maximum atomic E-state index is 10.9. The number of nitrogens with zero attached hydrogens (tertiary/aromatic N) is 2. The SMILES string of the molecule is CC.O=[N+]([O-])c1cn(SI)c2cc(Cl)c(Br)cc12. The maximum Gasteiger partial charge on any atom is 0.295 e.